The monoisotopic (exact) mass is 297 g/mol. The molecule has 0 fully saturated rings. The largest absolute Gasteiger partial charge is 0.506 e. The Labute approximate surface area is 122 Å². The van der Waals surface area contributed by atoms with Crippen LogP contribution in [0.3, 0.4) is 0 Å². The molecule has 0 aliphatic heterocycles. The molecule has 6 heteroatoms. The highest BCUT2D eigenvalue weighted by atomic mass is 35.5. The van der Waals surface area contributed by atoms with Crippen molar-refractivity contribution < 1.29 is 19.4 Å². The van der Waals surface area contributed by atoms with Gasteiger partial charge in [-0.3, -0.25) is 9.59 Å². The van der Waals surface area contributed by atoms with Crippen molar-refractivity contribution in [2.24, 2.45) is 0 Å². The third-order valence-corrected chi connectivity index (χ3v) is 2.76. The van der Waals surface area contributed by atoms with E-state index in [-0.39, 0.29) is 41.9 Å². The molecule has 0 aliphatic rings. The highest BCUT2D eigenvalue weighted by Gasteiger charge is 2.19. The van der Waals surface area contributed by atoms with E-state index in [1.165, 1.54) is 29.2 Å². The van der Waals surface area contributed by atoms with E-state index in [1.807, 2.05) is 0 Å². The van der Waals surface area contributed by atoms with E-state index in [4.69, 9.17) is 16.3 Å². The molecule has 0 bridgehead atoms. The van der Waals surface area contributed by atoms with Gasteiger partial charge in [-0.2, -0.15) is 0 Å². The van der Waals surface area contributed by atoms with Crippen LogP contribution in [0.2, 0.25) is 5.02 Å². The molecule has 0 spiro atoms. The number of hydrogen-bond donors (Lipinski definition) is 1. The number of phenols is 1. The normalized spacial score (nSPS) is 9.90. The minimum atomic E-state index is -0.493. The van der Waals surface area contributed by atoms with Crippen LogP contribution < -0.4 is 0 Å². The third-order valence-electron chi connectivity index (χ3n) is 2.46. The second kappa shape index (κ2) is 7.55. The summed E-state index contributed by atoms with van der Waals surface area (Å²) in [6.45, 7) is 5.53. The molecule has 20 heavy (non-hydrogen) atoms. The van der Waals surface area contributed by atoms with Crippen LogP contribution in [0.4, 0.5) is 0 Å². The molecular weight excluding hydrogens is 282 g/mol. The predicted octanol–water partition coefficient (Wildman–Crippen LogP) is 2.24. The fraction of sp³-hybridized carbons (Fsp3) is 0.286. The first-order valence-corrected chi connectivity index (χ1v) is 6.41. The summed E-state index contributed by atoms with van der Waals surface area (Å²) < 4.78 is 4.81. The molecule has 1 rings (SSSR count). The number of rotatable bonds is 6. The molecule has 0 unspecified atom stereocenters. The number of benzene rings is 1. The van der Waals surface area contributed by atoms with Crippen molar-refractivity contribution in [3.05, 3.63) is 41.4 Å². The van der Waals surface area contributed by atoms with Gasteiger partial charge in [-0.05, 0) is 25.1 Å². The number of halogens is 1. The summed E-state index contributed by atoms with van der Waals surface area (Å²) in [6.07, 6.45) is 1.51. The number of phenolic OH excluding ortho intramolecular Hbond substituents is 1. The first-order valence-electron chi connectivity index (χ1n) is 6.03. The van der Waals surface area contributed by atoms with Gasteiger partial charge in [0.05, 0.1) is 11.6 Å². The molecule has 1 aromatic carbocycles. The van der Waals surface area contributed by atoms with Gasteiger partial charge in [-0.15, -0.1) is 6.58 Å². The lowest BCUT2D eigenvalue weighted by atomic mass is 10.2. The van der Waals surface area contributed by atoms with Gasteiger partial charge in [0.15, 0.2) is 0 Å². The summed E-state index contributed by atoms with van der Waals surface area (Å²) in [5.41, 5.74) is 0.277. The lowest BCUT2D eigenvalue weighted by Gasteiger charge is -2.20. The quantitative estimate of drug-likeness (QED) is 0.646. The van der Waals surface area contributed by atoms with Crippen molar-refractivity contribution in [2.45, 2.75) is 6.92 Å². The van der Waals surface area contributed by atoms with Crippen molar-refractivity contribution in [2.75, 3.05) is 19.7 Å². The molecule has 0 aromatic heterocycles. The van der Waals surface area contributed by atoms with Crippen LogP contribution in [-0.2, 0) is 9.53 Å². The van der Waals surface area contributed by atoms with Crippen molar-refractivity contribution >= 4 is 23.5 Å². The smallest absolute Gasteiger partial charge is 0.325 e. The third kappa shape index (κ3) is 4.28. The van der Waals surface area contributed by atoms with Crippen LogP contribution in [0, 0.1) is 0 Å². The fourth-order valence-corrected chi connectivity index (χ4v) is 1.74. The second-order valence-corrected chi connectivity index (χ2v) is 4.35. The Morgan fingerprint density at radius 1 is 1.50 bits per heavy atom. The van der Waals surface area contributed by atoms with E-state index in [2.05, 4.69) is 6.58 Å². The molecule has 108 valence electrons. The zero-order valence-corrected chi connectivity index (χ0v) is 11.9. The summed E-state index contributed by atoms with van der Waals surface area (Å²) in [5, 5.41) is 9.41. The van der Waals surface area contributed by atoms with Gasteiger partial charge in [0.2, 0.25) is 0 Å². The Morgan fingerprint density at radius 2 is 2.20 bits per heavy atom. The summed E-state index contributed by atoms with van der Waals surface area (Å²) in [6, 6.07) is 4.11. The topological polar surface area (TPSA) is 66.8 Å². The van der Waals surface area contributed by atoms with Gasteiger partial charge in [0.1, 0.15) is 12.3 Å². The van der Waals surface area contributed by atoms with Crippen LogP contribution in [-0.4, -0.2) is 41.6 Å². The average Bonchev–Trinajstić information content (AvgIpc) is 2.41. The first-order chi connectivity index (χ1) is 9.49. The minimum Gasteiger partial charge on any atom is -0.506 e. The van der Waals surface area contributed by atoms with Gasteiger partial charge in [-0.1, -0.05) is 17.7 Å². The fourth-order valence-electron chi connectivity index (χ4n) is 1.56. The van der Waals surface area contributed by atoms with Crippen molar-refractivity contribution in [1.29, 1.82) is 0 Å². The average molecular weight is 298 g/mol. The predicted molar refractivity (Wildman–Crippen MR) is 75.9 cm³/mol. The van der Waals surface area contributed by atoms with Gasteiger partial charge in [-0.25, -0.2) is 0 Å². The van der Waals surface area contributed by atoms with E-state index in [0.717, 1.165) is 0 Å². The van der Waals surface area contributed by atoms with E-state index < -0.39 is 5.97 Å². The van der Waals surface area contributed by atoms with Crippen LogP contribution >= 0.6 is 11.6 Å². The van der Waals surface area contributed by atoms with E-state index in [0.29, 0.717) is 0 Å². The van der Waals surface area contributed by atoms with Crippen LogP contribution in [0.15, 0.2) is 30.9 Å². The maximum Gasteiger partial charge on any atom is 0.325 e. The molecular formula is C14H16ClNO4. The van der Waals surface area contributed by atoms with E-state index >= 15 is 0 Å². The summed E-state index contributed by atoms with van der Waals surface area (Å²) in [4.78, 5) is 25.0. The lowest BCUT2D eigenvalue weighted by Crippen LogP contribution is -2.36. The van der Waals surface area contributed by atoms with Gasteiger partial charge >= 0.3 is 5.97 Å². The zero-order chi connectivity index (χ0) is 15.1. The van der Waals surface area contributed by atoms with Gasteiger partial charge < -0.3 is 14.7 Å². The lowest BCUT2D eigenvalue weighted by molar-refractivity contribution is -0.143. The van der Waals surface area contributed by atoms with Gasteiger partial charge in [0, 0.05) is 12.1 Å². The summed E-state index contributed by atoms with van der Waals surface area (Å²) in [5.74, 6) is -0.990. The summed E-state index contributed by atoms with van der Waals surface area (Å²) in [7, 11) is 0. The van der Waals surface area contributed by atoms with Crippen LogP contribution in [0.25, 0.3) is 0 Å². The van der Waals surface area contributed by atoms with Crippen molar-refractivity contribution in [3.8, 4) is 5.75 Å². The molecule has 0 saturated heterocycles. The molecule has 0 heterocycles. The summed E-state index contributed by atoms with van der Waals surface area (Å²) >= 11 is 5.76. The minimum absolute atomic E-state index is 0.0746. The highest BCUT2D eigenvalue weighted by molar-refractivity contribution is 6.32. The maximum absolute atomic E-state index is 12.3. The Hall–Kier alpha value is -2.01. The number of esters is 1. The first kappa shape index (κ1) is 16.0. The molecule has 1 aromatic rings. The van der Waals surface area contributed by atoms with E-state index in [1.54, 1.807) is 6.92 Å². The second-order valence-electron chi connectivity index (χ2n) is 3.95. The SMILES string of the molecule is C=CCN(CC(=O)OCC)C(=O)c1ccc(O)c(Cl)c1. The number of amides is 1. The Morgan fingerprint density at radius 3 is 2.75 bits per heavy atom. The molecule has 0 atom stereocenters. The maximum atomic E-state index is 12.3. The number of ether oxygens (including phenoxy) is 1. The molecule has 0 radical (unpaired) electrons. The Balaban J connectivity index is 2.89. The van der Waals surface area contributed by atoms with Crippen LogP contribution in [0.1, 0.15) is 17.3 Å². The highest BCUT2D eigenvalue weighted by Crippen LogP contribution is 2.24. The Kier molecular flexibility index (Phi) is 6.06. The van der Waals surface area contributed by atoms with Gasteiger partial charge in [0.25, 0.3) is 5.91 Å². The number of nitrogens with zero attached hydrogens (tertiary/aromatic N) is 1. The molecule has 1 N–H and O–H groups in total. The van der Waals surface area contributed by atoms with Crippen LogP contribution in [0.5, 0.6) is 5.75 Å². The zero-order valence-electron chi connectivity index (χ0n) is 11.1. The molecule has 5 nitrogen and oxygen atoms in total. The molecule has 0 saturated carbocycles. The standard InChI is InChI=1S/C14H16ClNO4/c1-3-7-16(9-13(18)20-4-2)14(19)10-5-6-12(17)11(15)8-10/h3,5-6,8,17H,1,4,7,9H2,2H3. The molecule has 0 aliphatic carbocycles. The number of carbonyl (C=O) groups is 2. The number of hydrogen-bond acceptors (Lipinski definition) is 4. The number of aromatic hydroxyl groups is 1. The van der Waals surface area contributed by atoms with E-state index in [9.17, 15) is 14.7 Å². The van der Waals surface area contributed by atoms with Crippen molar-refractivity contribution in [1.82, 2.24) is 4.90 Å². The van der Waals surface area contributed by atoms with Crippen molar-refractivity contribution in [3.63, 3.8) is 0 Å². The Bertz CT molecular complexity index is 516. The molecule has 1 amide bonds. The number of carbonyl (C=O) groups excluding carboxylic acids is 2.